The Morgan fingerprint density at radius 2 is 1.48 bits per heavy atom. The minimum absolute atomic E-state index is 0.224. The molecule has 0 atom stereocenters. The molecular weight excluding hydrogens is 306 g/mol. The fourth-order valence-corrected chi connectivity index (χ4v) is 3.46. The van der Waals surface area contributed by atoms with Gasteiger partial charge in [-0.25, -0.2) is 4.39 Å². The molecule has 0 saturated heterocycles. The summed E-state index contributed by atoms with van der Waals surface area (Å²) < 4.78 is 14.1. The highest BCUT2D eigenvalue weighted by Crippen LogP contribution is 2.34. The van der Waals surface area contributed by atoms with Crippen LogP contribution in [0, 0.1) is 5.82 Å². The van der Waals surface area contributed by atoms with Crippen molar-refractivity contribution >= 4 is 23.2 Å². The SMILES string of the molecule is Fc1ccccc1C(CCl)(CCl)CCCc1ccccc1. The van der Waals surface area contributed by atoms with E-state index in [1.807, 2.05) is 24.3 Å². The molecule has 0 N–H and O–H groups in total. The van der Waals surface area contributed by atoms with E-state index in [1.165, 1.54) is 11.6 Å². The van der Waals surface area contributed by atoms with Crippen molar-refractivity contribution in [3.63, 3.8) is 0 Å². The fourth-order valence-electron chi connectivity index (χ4n) is 2.61. The number of hydrogen-bond donors (Lipinski definition) is 0. The van der Waals surface area contributed by atoms with Gasteiger partial charge in [0.15, 0.2) is 0 Å². The predicted octanol–water partition coefficient (Wildman–Crippen LogP) is 5.56. The molecule has 0 amide bonds. The lowest BCUT2D eigenvalue weighted by Crippen LogP contribution is -2.32. The van der Waals surface area contributed by atoms with Gasteiger partial charge in [-0.1, -0.05) is 48.5 Å². The summed E-state index contributed by atoms with van der Waals surface area (Å²) >= 11 is 12.3. The zero-order valence-corrected chi connectivity index (χ0v) is 13.4. The Bertz CT molecular complexity index is 550. The molecule has 3 heteroatoms. The summed E-state index contributed by atoms with van der Waals surface area (Å²) in [6.45, 7) is 0. The highest BCUT2D eigenvalue weighted by molar-refractivity contribution is 6.22. The van der Waals surface area contributed by atoms with Crippen molar-refractivity contribution in [1.82, 2.24) is 0 Å². The molecule has 0 aliphatic heterocycles. The van der Waals surface area contributed by atoms with Crippen LogP contribution in [0.3, 0.4) is 0 Å². The third-order valence-corrected chi connectivity index (χ3v) is 4.94. The molecule has 0 nitrogen and oxygen atoms in total. The van der Waals surface area contributed by atoms with E-state index in [4.69, 9.17) is 23.2 Å². The minimum atomic E-state index is -0.497. The number of benzene rings is 2. The Balaban J connectivity index is 2.10. The van der Waals surface area contributed by atoms with Crippen LogP contribution in [0.4, 0.5) is 4.39 Å². The van der Waals surface area contributed by atoms with E-state index in [2.05, 4.69) is 12.1 Å². The summed E-state index contributed by atoms with van der Waals surface area (Å²) in [6.07, 6.45) is 2.65. The third-order valence-electron chi connectivity index (χ3n) is 3.92. The van der Waals surface area contributed by atoms with Gasteiger partial charge < -0.3 is 0 Å². The lowest BCUT2D eigenvalue weighted by Gasteiger charge is -2.30. The van der Waals surface area contributed by atoms with E-state index in [-0.39, 0.29) is 5.82 Å². The van der Waals surface area contributed by atoms with Gasteiger partial charge in [-0.15, -0.1) is 23.2 Å². The zero-order chi connectivity index (χ0) is 15.1. The Kier molecular flexibility index (Phi) is 6.08. The smallest absolute Gasteiger partial charge is 0.127 e. The van der Waals surface area contributed by atoms with E-state index in [0.29, 0.717) is 17.3 Å². The Morgan fingerprint density at radius 3 is 2.10 bits per heavy atom. The molecule has 0 unspecified atom stereocenters. The van der Waals surface area contributed by atoms with Gasteiger partial charge in [-0.2, -0.15) is 0 Å². The van der Waals surface area contributed by atoms with Crippen LogP contribution < -0.4 is 0 Å². The molecule has 0 aromatic heterocycles. The average Bonchev–Trinajstić information content (AvgIpc) is 2.54. The lowest BCUT2D eigenvalue weighted by molar-refractivity contribution is 0.446. The van der Waals surface area contributed by atoms with Crippen LogP contribution in [0.2, 0.25) is 0 Å². The molecule has 0 bridgehead atoms. The van der Waals surface area contributed by atoms with Gasteiger partial charge in [0.2, 0.25) is 0 Å². The Labute approximate surface area is 135 Å². The second kappa shape index (κ2) is 7.82. The first-order valence-electron chi connectivity index (χ1n) is 7.13. The van der Waals surface area contributed by atoms with Crippen molar-refractivity contribution < 1.29 is 4.39 Å². The second-order valence-electron chi connectivity index (χ2n) is 5.37. The lowest BCUT2D eigenvalue weighted by atomic mass is 9.79. The highest BCUT2D eigenvalue weighted by Gasteiger charge is 2.32. The first-order valence-corrected chi connectivity index (χ1v) is 8.19. The second-order valence-corrected chi connectivity index (χ2v) is 5.90. The summed E-state index contributed by atoms with van der Waals surface area (Å²) in [4.78, 5) is 0. The van der Waals surface area contributed by atoms with Crippen molar-refractivity contribution in [3.05, 3.63) is 71.5 Å². The molecule has 0 radical (unpaired) electrons. The van der Waals surface area contributed by atoms with Gasteiger partial charge >= 0.3 is 0 Å². The molecule has 2 aromatic rings. The highest BCUT2D eigenvalue weighted by atomic mass is 35.5. The maximum atomic E-state index is 14.1. The van der Waals surface area contributed by atoms with E-state index < -0.39 is 5.41 Å². The average molecular weight is 325 g/mol. The van der Waals surface area contributed by atoms with E-state index >= 15 is 0 Å². The summed E-state index contributed by atoms with van der Waals surface area (Å²) in [5, 5.41) is 0. The van der Waals surface area contributed by atoms with Gasteiger partial charge in [0.25, 0.3) is 0 Å². The van der Waals surface area contributed by atoms with Crippen LogP contribution in [-0.4, -0.2) is 11.8 Å². The van der Waals surface area contributed by atoms with E-state index in [1.54, 1.807) is 12.1 Å². The van der Waals surface area contributed by atoms with Crippen LogP contribution >= 0.6 is 23.2 Å². The van der Waals surface area contributed by atoms with Crippen molar-refractivity contribution in [2.45, 2.75) is 24.7 Å². The van der Waals surface area contributed by atoms with E-state index in [9.17, 15) is 4.39 Å². The Morgan fingerprint density at radius 1 is 0.857 bits per heavy atom. The third kappa shape index (κ3) is 3.99. The molecule has 0 aliphatic rings. The molecule has 21 heavy (non-hydrogen) atoms. The van der Waals surface area contributed by atoms with Gasteiger partial charge in [0.05, 0.1) is 0 Å². The van der Waals surface area contributed by atoms with Crippen molar-refractivity contribution in [1.29, 1.82) is 0 Å². The van der Waals surface area contributed by atoms with Gasteiger partial charge in [0.1, 0.15) is 5.82 Å². The van der Waals surface area contributed by atoms with Gasteiger partial charge in [-0.05, 0) is 36.5 Å². The summed E-state index contributed by atoms with van der Waals surface area (Å²) in [5.74, 6) is 0.428. The number of aryl methyl sites for hydroxylation is 1. The minimum Gasteiger partial charge on any atom is -0.207 e. The van der Waals surface area contributed by atoms with E-state index in [0.717, 1.165) is 19.3 Å². The van der Waals surface area contributed by atoms with Gasteiger partial charge in [0, 0.05) is 17.2 Å². The predicted molar refractivity (Wildman–Crippen MR) is 88.9 cm³/mol. The molecule has 2 rings (SSSR count). The first kappa shape index (κ1) is 16.3. The maximum absolute atomic E-state index is 14.1. The van der Waals surface area contributed by atoms with Crippen LogP contribution in [0.5, 0.6) is 0 Å². The topological polar surface area (TPSA) is 0 Å². The molecule has 0 spiro atoms. The molecule has 0 saturated carbocycles. The number of hydrogen-bond acceptors (Lipinski definition) is 0. The first-order chi connectivity index (χ1) is 10.2. The zero-order valence-electron chi connectivity index (χ0n) is 11.9. The van der Waals surface area contributed by atoms with Crippen molar-refractivity contribution in [2.75, 3.05) is 11.8 Å². The fraction of sp³-hybridized carbons (Fsp3) is 0.333. The summed E-state index contributed by atoms with van der Waals surface area (Å²) in [5.41, 5.74) is 1.41. The maximum Gasteiger partial charge on any atom is 0.127 e. The van der Waals surface area contributed by atoms with Crippen LogP contribution in [0.25, 0.3) is 0 Å². The molecule has 112 valence electrons. The largest absolute Gasteiger partial charge is 0.207 e. The summed E-state index contributed by atoms with van der Waals surface area (Å²) in [6, 6.07) is 17.1. The Hall–Kier alpha value is -1.05. The molecule has 0 fully saturated rings. The molecular formula is C18H19Cl2F. The van der Waals surface area contributed by atoms with Gasteiger partial charge in [-0.3, -0.25) is 0 Å². The number of alkyl halides is 2. The quantitative estimate of drug-likeness (QED) is 0.584. The molecule has 0 heterocycles. The number of rotatable bonds is 7. The molecule has 0 aliphatic carbocycles. The summed E-state index contributed by atoms with van der Waals surface area (Å²) in [7, 11) is 0. The van der Waals surface area contributed by atoms with Crippen LogP contribution in [-0.2, 0) is 11.8 Å². The normalized spacial score (nSPS) is 11.6. The van der Waals surface area contributed by atoms with Crippen molar-refractivity contribution in [3.8, 4) is 0 Å². The standard InChI is InChI=1S/C18H19Cl2F/c19-13-18(14-20,16-10-4-5-11-17(16)21)12-6-9-15-7-2-1-3-8-15/h1-5,7-8,10-11H,6,9,12-14H2. The van der Waals surface area contributed by atoms with Crippen LogP contribution in [0.1, 0.15) is 24.0 Å². The number of halogens is 3. The molecule has 2 aromatic carbocycles. The monoisotopic (exact) mass is 324 g/mol. The van der Waals surface area contributed by atoms with Crippen molar-refractivity contribution in [2.24, 2.45) is 0 Å². The van der Waals surface area contributed by atoms with Crippen LogP contribution in [0.15, 0.2) is 54.6 Å².